The molecule has 1 rings (SSSR count). The third-order valence-corrected chi connectivity index (χ3v) is 3.53. The predicted octanol–water partition coefficient (Wildman–Crippen LogP) is 0.207. The maximum Gasteiger partial charge on any atom is 0.257 e. The van der Waals surface area contributed by atoms with E-state index in [9.17, 15) is 8.42 Å². The highest BCUT2D eigenvalue weighted by molar-refractivity contribution is 7.89. The molecule has 0 aliphatic heterocycles. The first-order valence-corrected chi connectivity index (χ1v) is 6.82. The first kappa shape index (κ1) is 13.1. The fourth-order valence-electron chi connectivity index (χ4n) is 1.23. The van der Waals surface area contributed by atoms with Crippen molar-refractivity contribution >= 4 is 10.0 Å². The maximum atomic E-state index is 11.8. The zero-order chi connectivity index (χ0) is 12.0. The molecule has 16 heavy (non-hydrogen) atoms. The number of nitrogens with zero attached hydrogens (tertiary/aromatic N) is 1. The zero-order valence-electron chi connectivity index (χ0n) is 9.58. The zero-order valence-corrected chi connectivity index (χ0v) is 10.4. The molecule has 0 saturated carbocycles. The second kappa shape index (κ2) is 5.97. The fraction of sp³-hybridized carbons (Fsp3) is 0.667. The van der Waals surface area contributed by atoms with Crippen molar-refractivity contribution in [3.05, 3.63) is 11.8 Å². The molecule has 0 aliphatic rings. The molecule has 0 atom stereocenters. The van der Waals surface area contributed by atoms with Crippen molar-refractivity contribution in [2.75, 3.05) is 13.1 Å². The summed E-state index contributed by atoms with van der Waals surface area (Å²) in [7, 11) is -3.45. The van der Waals surface area contributed by atoms with Crippen LogP contribution in [0.15, 0.2) is 11.2 Å². The molecule has 0 aromatic carbocycles. The molecule has 1 heterocycles. The normalized spacial score (nSPS) is 11.9. The molecule has 1 aromatic rings. The van der Waals surface area contributed by atoms with Crippen LogP contribution in [0.5, 0.6) is 0 Å². The number of hydrogen-bond acceptors (Lipinski definition) is 4. The Morgan fingerprint density at radius 2 is 2.19 bits per heavy atom. The summed E-state index contributed by atoms with van der Waals surface area (Å²) in [5, 5.41) is 9.51. The minimum absolute atomic E-state index is 0.155. The minimum Gasteiger partial charge on any atom is -0.313 e. The Hall–Kier alpha value is -0.920. The van der Waals surface area contributed by atoms with E-state index < -0.39 is 10.0 Å². The Bertz CT molecular complexity index is 413. The number of nitrogens with one attached hydrogen (secondary N) is 3. The van der Waals surface area contributed by atoms with Crippen LogP contribution >= 0.6 is 0 Å². The largest absolute Gasteiger partial charge is 0.313 e. The number of aromatic amines is 1. The number of hydrogen-bond donors (Lipinski definition) is 3. The van der Waals surface area contributed by atoms with Gasteiger partial charge in [0, 0.05) is 18.7 Å². The highest BCUT2D eigenvalue weighted by Gasteiger charge is 2.19. The van der Waals surface area contributed by atoms with Gasteiger partial charge in [0.1, 0.15) is 0 Å². The standard InChI is InChI=1S/C9H18N4O2S/c1-3-5-12-16(14,15)9-8(6-10-4-2)7-11-13-9/h7,10,12H,3-6H2,1-2H3,(H,11,13). The lowest BCUT2D eigenvalue weighted by molar-refractivity contribution is 0.573. The maximum absolute atomic E-state index is 11.8. The van der Waals surface area contributed by atoms with Crippen LogP contribution < -0.4 is 10.0 Å². The van der Waals surface area contributed by atoms with E-state index in [1.807, 2.05) is 13.8 Å². The van der Waals surface area contributed by atoms with Crippen molar-refractivity contribution in [2.24, 2.45) is 0 Å². The molecule has 0 saturated heterocycles. The molecule has 6 nitrogen and oxygen atoms in total. The quantitative estimate of drug-likeness (QED) is 0.642. The molecule has 0 unspecified atom stereocenters. The molecule has 92 valence electrons. The van der Waals surface area contributed by atoms with Gasteiger partial charge in [-0.3, -0.25) is 5.10 Å². The Morgan fingerprint density at radius 3 is 2.81 bits per heavy atom. The summed E-state index contributed by atoms with van der Waals surface area (Å²) in [5.41, 5.74) is 0.658. The van der Waals surface area contributed by atoms with Gasteiger partial charge in [-0.25, -0.2) is 13.1 Å². The minimum atomic E-state index is -3.45. The van der Waals surface area contributed by atoms with Crippen LogP contribution in [0.3, 0.4) is 0 Å². The number of H-pyrrole nitrogens is 1. The third-order valence-electron chi connectivity index (χ3n) is 2.05. The molecular formula is C9H18N4O2S. The van der Waals surface area contributed by atoms with E-state index in [4.69, 9.17) is 0 Å². The summed E-state index contributed by atoms with van der Waals surface area (Å²) in [6, 6.07) is 0. The molecule has 0 spiro atoms. The topological polar surface area (TPSA) is 86.9 Å². The molecule has 7 heteroatoms. The van der Waals surface area contributed by atoms with Gasteiger partial charge in [-0.05, 0) is 13.0 Å². The van der Waals surface area contributed by atoms with Crippen molar-refractivity contribution in [1.82, 2.24) is 20.2 Å². The monoisotopic (exact) mass is 246 g/mol. The molecule has 0 radical (unpaired) electrons. The smallest absolute Gasteiger partial charge is 0.257 e. The summed E-state index contributed by atoms with van der Waals surface area (Å²) in [6.07, 6.45) is 2.29. The van der Waals surface area contributed by atoms with Crippen molar-refractivity contribution in [1.29, 1.82) is 0 Å². The van der Waals surface area contributed by atoms with Gasteiger partial charge in [0.2, 0.25) is 0 Å². The third kappa shape index (κ3) is 3.29. The van der Waals surface area contributed by atoms with E-state index in [-0.39, 0.29) is 5.03 Å². The Morgan fingerprint density at radius 1 is 1.44 bits per heavy atom. The Kier molecular flexibility index (Phi) is 4.91. The van der Waals surface area contributed by atoms with Crippen molar-refractivity contribution in [2.45, 2.75) is 31.8 Å². The molecule has 3 N–H and O–H groups in total. The number of sulfonamides is 1. The van der Waals surface area contributed by atoms with Crippen molar-refractivity contribution in [3.63, 3.8) is 0 Å². The van der Waals surface area contributed by atoms with Crippen LogP contribution in [0.4, 0.5) is 0 Å². The van der Waals surface area contributed by atoms with Gasteiger partial charge >= 0.3 is 0 Å². The van der Waals surface area contributed by atoms with Crippen LogP contribution in [0.25, 0.3) is 0 Å². The van der Waals surface area contributed by atoms with E-state index in [1.54, 1.807) is 0 Å². The van der Waals surface area contributed by atoms with Crippen LogP contribution in [-0.2, 0) is 16.6 Å². The lowest BCUT2D eigenvalue weighted by Crippen LogP contribution is -2.26. The molecule has 0 fully saturated rings. The van der Waals surface area contributed by atoms with Gasteiger partial charge < -0.3 is 5.32 Å². The average molecular weight is 246 g/mol. The summed E-state index contributed by atoms with van der Waals surface area (Å²) >= 11 is 0. The Labute approximate surface area is 95.9 Å². The molecule has 0 aliphatic carbocycles. The van der Waals surface area contributed by atoms with Gasteiger partial charge in [0.05, 0.1) is 6.20 Å². The summed E-state index contributed by atoms with van der Waals surface area (Å²) in [4.78, 5) is 0. The van der Waals surface area contributed by atoms with Crippen molar-refractivity contribution in [3.8, 4) is 0 Å². The number of rotatable bonds is 7. The fourth-order valence-corrected chi connectivity index (χ4v) is 2.49. The molecule has 1 aromatic heterocycles. The van der Waals surface area contributed by atoms with E-state index in [2.05, 4.69) is 20.2 Å². The lowest BCUT2D eigenvalue weighted by Gasteiger charge is -2.06. The molecular weight excluding hydrogens is 228 g/mol. The van der Waals surface area contributed by atoms with Gasteiger partial charge in [0.15, 0.2) is 5.03 Å². The van der Waals surface area contributed by atoms with Crippen LogP contribution in [0.1, 0.15) is 25.8 Å². The lowest BCUT2D eigenvalue weighted by atomic mass is 10.3. The van der Waals surface area contributed by atoms with E-state index in [0.29, 0.717) is 18.7 Å². The molecule has 0 bridgehead atoms. The first-order chi connectivity index (χ1) is 7.61. The average Bonchev–Trinajstić information content (AvgIpc) is 2.72. The Balaban J connectivity index is 2.82. The highest BCUT2D eigenvalue weighted by atomic mass is 32.2. The number of aromatic nitrogens is 2. The summed E-state index contributed by atoms with van der Waals surface area (Å²) in [5.74, 6) is 0. The summed E-state index contributed by atoms with van der Waals surface area (Å²) < 4.78 is 26.2. The van der Waals surface area contributed by atoms with E-state index >= 15 is 0 Å². The SMILES string of the molecule is CCCNS(=O)(=O)c1[nH]ncc1CNCC. The summed E-state index contributed by atoms with van der Waals surface area (Å²) in [6.45, 7) is 5.59. The van der Waals surface area contributed by atoms with Gasteiger partial charge in [-0.1, -0.05) is 13.8 Å². The first-order valence-electron chi connectivity index (χ1n) is 5.34. The van der Waals surface area contributed by atoms with Crippen LogP contribution in [0.2, 0.25) is 0 Å². The van der Waals surface area contributed by atoms with E-state index in [1.165, 1.54) is 6.20 Å². The van der Waals surface area contributed by atoms with Gasteiger partial charge in [0.25, 0.3) is 10.0 Å². The van der Waals surface area contributed by atoms with E-state index in [0.717, 1.165) is 13.0 Å². The second-order valence-electron chi connectivity index (χ2n) is 3.40. The van der Waals surface area contributed by atoms with Crippen LogP contribution in [0, 0.1) is 0 Å². The molecule has 0 amide bonds. The van der Waals surface area contributed by atoms with Gasteiger partial charge in [-0.2, -0.15) is 5.10 Å². The predicted molar refractivity (Wildman–Crippen MR) is 61.4 cm³/mol. The van der Waals surface area contributed by atoms with Gasteiger partial charge in [-0.15, -0.1) is 0 Å². The second-order valence-corrected chi connectivity index (χ2v) is 5.11. The highest BCUT2D eigenvalue weighted by Crippen LogP contribution is 2.11. The van der Waals surface area contributed by atoms with Crippen LogP contribution in [-0.4, -0.2) is 31.7 Å². The van der Waals surface area contributed by atoms with Crippen molar-refractivity contribution < 1.29 is 8.42 Å².